The van der Waals surface area contributed by atoms with Gasteiger partial charge in [-0.3, -0.25) is 14.4 Å². The van der Waals surface area contributed by atoms with Gasteiger partial charge in [-0.15, -0.1) is 0 Å². The molecule has 0 aromatic heterocycles. The molecular formula is C24H27N3O5. The van der Waals surface area contributed by atoms with Gasteiger partial charge in [0.05, 0.1) is 20.1 Å². The standard InChI is InChI=1S/C24H27N3O5/c1-31-20-12-17(13-21(15-20)32-2)23(29)25-8-10-26(11-9-25)24(30)18-14-22(28)27(16-18)19-6-4-3-5-7-19/h3-7,12-13,15,18H,8-11,14,16H2,1-2H3/t18-/m0/s1. The molecule has 1 atom stereocenters. The molecule has 8 heteroatoms. The van der Waals surface area contributed by atoms with Crippen molar-refractivity contribution in [1.29, 1.82) is 0 Å². The predicted octanol–water partition coefficient (Wildman–Crippen LogP) is 2.04. The minimum Gasteiger partial charge on any atom is -0.497 e. The summed E-state index contributed by atoms with van der Waals surface area (Å²) < 4.78 is 10.5. The quantitative estimate of drug-likeness (QED) is 0.715. The van der Waals surface area contributed by atoms with Crippen LogP contribution in [0, 0.1) is 5.92 Å². The van der Waals surface area contributed by atoms with E-state index >= 15 is 0 Å². The highest BCUT2D eigenvalue weighted by molar-refractivity contribution is 6.00. The fourth-order valence-corrected chi connectivity index (χ4v) is 4.23. The highest BCUT2D eigenvalue weighted by atomic mass is 16.5. The molecule has 2 aromatic carbocycles. The molecule has 32 heavy (non-hydrogen) atoms. The minimum atomic E-state index is -0.354. The Hall–Kier alpha value is -3.55. The van der Waals surface area contributed by atoms with Crippen LogP contribution in [0.1, 0.15) is 16.8 Å². The zero-order chi connectivity index (χ0) is 22.7. The molecule has 168 valence electrons. The molecule has 0 spiro atoms. The first-order chi connectivity index (χ1) is 15.5. The lowest BCUT2D eigenvalue weighted by Gasteiger charge is -2.36. The normalized spacial score (nSPS) is 18.6. The van der Waals surface area contributed by atoms with E-state index in [1.807, 2.05) is 30.3 Å². The number of rotatable bonds is 5. The fraction of sp³-hybridized carbons (Fsp3) is 0.375. The maximum absolute atomic E-state index is 13.0. The van der Waals surface area contributed by atoms with Crippen LogP contribution in [0.3, 0.4) is 0 Å². The number of methoxy groups -OCH3 is 2. The first-order valence-electron chi connectivity index (χ1n) is 10.7. The fourth-order valence-electron chi connectivity index (χ4n) is 4.23. The summed E-state index contributed by atoms with van der Waals surface area (Å²) in [5.74, 6) is 0.571. The molecule has 2 fully saturated rings. The van der Waals surface area contributed by atoms with E-state index in [1.165, 1.54) is 0 Å². The van der Waals surface area contributed by atoms with Crippen molar-refractivity contribution < 1.29 is 23.9 Å². The lowest BCUT2D eigenvalue weighted by molar-refractivity contribution is -0.137. The summed E-state index contributed by atoms with van der Waals surface area (Å²) in [7, 11) is 3.08. The van der Waals surface area contributed by atoms with E-state index in [0.717, 1.165) is 5.69 Å². The lowest BCUT2D eigenvalue weighted by atomic mass is 10.1. The van der Waals surface area contributed by atoms with Crippen LogP contribution in [0.25, 0.3) is 0 Å². The van der Waals surface area contributed by atoms with Crippen molar-refractivity contribution in [3.63, 3.8) is 0 Å². The lowest BCUT2D eigenvalue weighted by Crippen LogP contribution is -2.52. The number of anilines is 1. The van der Waals surface area contributed by atoms with Gasteiger partial charge in [-0.25, -0.2) is 0 Å². The van der Waals surface area contributed by atoms with Crippen molar-refractivity contribution >= 4 is 23.4 Å². The average molecular weight is 437 g/mol. The number of carbonyl (C=O) groups excluding carboxylic acids is 3. The van der Waals surface area contributed by atoms with Gasteiger partial charge in [-0.2, -0.15) is 0 Å². The van der Waals surface area contributed by atoms with Gasteiger partial charge < -0.3 is 24.2 Å². The number of ether oxygens (including phenoxy) is 2. The summed E-state index contributed by atoms with van der Waals surface area (Å²) in [5.41, 5.74) is 1.30. The SMILES string of the molecule is COc1cc(OC)cc(C(=O)N2CCN(C(=O)[C@H]3CC(=O)N(c4ccccc4)C3)CC2)c1. The first-order valence-corrected chi connectivity index (χ1v) is 10.7. The van der Waals surface area contributed by atoms with Crippen molar-refractivity contribution in [1.82, 2.24) is 9.80 Å². The molecule has 8 nitrogen and oxygen atoms in total. The molecule has 2 saturated heterocycles. The third-order valence-corrected chi connectivity index (χ3v) is 6.02. The summed E-state index contributed by atoms with van der Waals surface area (Å²) in [4.78, 5) is 43.7. The van der Waals surface area contributed by atoms with Gasteiger partial charge >= 0.3 is 0 Å². The van der Waals surface area contributed by atoms with Crippen LogP contribution >= 0.6 is 0 Å². The van der Waals surface area contributed by atoms with Gasteiger partial charge in [0.25, 0.3) is 5.91 Å². The van der Waals surface area contributed by atoms with E-state index in [0.29, 0.717) is 49.8 Å². The summed E-state index contributed by atoms with van der Waals surface area (Å²) >= 11 is 0. The zero-order valence-electron chi connectivity index (χ0n) is 18.3. The van der Waals surface area contributed by atoms with E-state index in [1.54, 1.807) is 47.1 Å². The van der Waals surface area contributed by atoms with Crippen molar-refractivity contribution in [2.45, 2.75) is 6.42 Å². The van der Waals surface area contributed by atoms with Crippen molar-refractivity contribution in [3.8, 4) is 11.5 Å². The molecule has 2 aromatic rings. The Morgan fingerprint density at radius 3 is 2.06 bits per heavy atom. The predicted molar refractivity (Wildman–Crippen MR) is 119 cm³/mol. The van der Waals surface area contributed by atoms with Crippen LogP contribution in [0.2, 0.25) is 0 Å². The minimum absolute atomic E-state index is 0.0214. The molecule has 0 aliphatic carbocycles. The molecule has 4 rings (SSSR count). The van der Waals surface area contributed by atoms with E-state index in [2.05, 4.69) is 0 Å². The smallest absolute Gasteiger partial charge is 0.254 e. The molecule has 0 saturated carbocycles. The number of hydrogen-bond acceptors (Lipinski definition) is 5. The molecule has 0 N–H and O–H groups in total. The topological polar surface area (TPSA) is 79.4 Å². The van der Waals surface area contributed by atoms with Gasteiger partial charge in [0.1, 0.15) is 11.5 Å². The van der Waals surface area contributed by atoms with Gasteiger partial charge in [0, 0.05) is 56.5 Å². The van der Waals surface area contributed by atoms with Crippen LogP contribution < -0.4 is 14.4 Å². The van der Waals surface area contributed by atoms with Crippen LogP contribution in [0.5, 0.6) is 11.5 Å². The average Bonchev–Trinajstić information content (AvgIpc) is 3.24. The molecule has 0 unspecified atom stereocenters. The second kappa shape index (κ2) is 9.30. The summed E-state index contributed by atoms with van der Waals surface area (Å²) in [6.45, 7) is 2.16. The number of amides is 3. The molecular weight excluding hydrogens is 410 g/mol. The molecule has 3 amide bonds. The highest BCUT2D eigenvalue weighted by Gasteiger charge is 2.38. The number of nitrogens with zero attached hydrogens (tertiary/aromatic N) is 3. The van der Waals surface area contributed by atoms with E-state index in [4.69, 9.17) is 9.47 Å². The molecule has 2 aliphatic heterocycles. The monoisotopic (exact) mass is 437 g/mol. The number of benzene rings is 2. The second-order valence-corrected chi connectivity index (χ2v) is 7.96. The zero-order valence-corrected chi connectivity index (χ0v) is 18.3. The maximum Gasteiger partial charge on any atom is 0.254 e. The van der Waals surface area contributed by atoms with Crippen molar-refractivity contribution in [3.05, 3.63) is 54.1 Å². The Bertz CT molecular complexity index is 980. The third kappa shape index (κ3) is 4.39. The largest absolute Gasteiger partial charge is 0.497 e. The Morgan fingerprint density at radius 1 is 0.875 bits per heavy atom. The van der Waals surface area contributed by atoms with Gasteiger partial charge in [-0.05, 0) is 24.3 Å². The van der Waals surface area contributed by atoms with Gasteiger partial charge in [0.15, 0.2) is 0 Å². The van der Waals surface area contributed by atoms with Crippen molar-refractivity contribution in [2.75, 3.05) is 51.8 Å². The Balaban J connectivity index is 1.36. The Kier molecular flexibility index (Phi) is 6.30. The third-order valence-electron chi connectivity index (χ3n) is 6.02. The van der Waals surface area contributed by atoms with Crippen LogP contribution in [0.15, 0.2) is 48.5 Å². The summed E-state index contributed by atoms with van der Waals surface area (Å²) in [6.07, 6.45) is 0.219. The summed E-state index contributed by atoms with van der Waals surface area (Å²) in [6, 6.07) is 14.5. The molecule has 2 heterocycles. The van der Waals surface area contributed by atoms with Gasteiger partial charge in [0.2, 0.25) is 11.8 Å². The van der Waals surface area contributed by atoms with Gasteiger partial charge in [-0.1, -0.05) is 18.2 Å². The van der Waals surface area contributed by atoms with E-state index < -0.39 is 0 Å². The Labute approximate surface area is 187 Å². The highest BCUT2D eigenvalue weighted by Crippen LogP contribution is 2.27. The molecule has 0 bridgehead atoms. The van der Waals surface area contributed by atoms with Crippen molar-refractivity contribution in [2.24, 2.45) is 5.92 Å². The first kappa shape index (κ1) is 21.7. The molecule has 0 radical (unpaired) electrons. The van der Waals surface area contributed by atoms with E-state index in [-0.39, 0.29) is 30.1 Å². The number of piperazine rings is 1. The van der Waals surface area contributed by atoms with Crippen LogP contribution in [-0.4, -0.2) is 74.5 Å². The number of hydrogen-bond donors (Lipinski definition) is 0. The summed E-state index contributed by atoms with van der Waals surface area (Å²) in [5, 5.41) is 0. The number of para-hydroxylation sites is 1. The van der Waals surface area contributed by atoms with E-state index in [9.17, 15) is 14.4 Å². The Morgan fingerprint density at radius 2 is 1.47 bits per heavy atom. The van der Waals surface area contributed by atoms with Crippen LogP contribution in [-0.2, 0) is 9.59 Å². The number of carbonyl (C=O) groups is 3. The molecule has 2 aliphatic rings. The second-order valence-electron chi connectivity index (χ2n) is 7.96. The maximum atomic E-state index is 13.0. The van der Waals surface area contributed by atoms with Crippen LogP contribution in [0.4, 0.5) is 5.69 Å².